The number of rotatable bonds is 7. The quantitative estimate of drug-likeness (QED) is 0.633. The summed E-state index contributed by atoms with van der Waals surface area (Å²) in [5.74, 6) is -0.0498. The lowest BCUT2D eigenvalue weighted by Crippen LogP contribution is -2.20. The minimum absolute atomic E-state index is 0.196. The molecule has 0 radical (unpaired) electrons. The van der Waals surface area contributed by atoms with Gasteiger partial charge in [0.15, 0.2) is 12.4 Å². The second-order valence-corrected chi connectivity index (χ2v) is 6.59. The van der Waals surface area contributed by atoms with Gasteiger partial charge in [-0.3, -0.25) is 4.79 Å². The zero-order valence-electron chi connectivity index (χ0n) is 13.2. The highest BCUT2D eigenvalue weighted by Crippen LogP contribution is 2.35. The molecule has 1 N–H and O–H groups in total. The number of hydrogen-bond donors (Lipinski definition) is 1. The van der Waals surface area contributed by atoms with Crippen LogP contribution in [0.2, 0.25) is 15.1 Å². The van der Waals surface area contributed by atoms with Crippen molar-refractivity contribution in [2.75, 3.05) is 11.9 Å². The monoisotopic (exact) mass is 385 g/mol. The van der Waals surface area contributed by atoms with E-state index in [0.717, 1.165) is 24.9 Å². The molecule has 0 fully saturated rings. The predicted molar refractivity (Wildman–Crippen MR) is 101 cm³/mol. The van der Waals surface area contributed by atoms with Gasteiger partial charge in [-0.15, -0.1) is 0 Å². The number of aryl methyl sites for hydroxylation is 1. The van der Waals surface area contributed by atoms with Crippen LogP contribution in [0.15, 0.2) is 36.4 Å². The van der Waals surface area contributed by atoms with Gasteiger partial charge in [-0.2, -0.15) is 0 Å². The summed E-state index contributed by atoms with van der Waals surface area (Å²) in [7, 11) is 0. The standard InChI is InChI=1S/C18H18Cl3NO2/c1-2-3-4-12-5-7-14(8-6-12)22-17(23)11-24-18-15(20)9-13(19)10-16(18)21/h5-10H,2-4,11H2,1H3,(H,22,23). The largest absolute Gasteiger partial charge is 0.481 e. The van der Waals surface area contributed by atoms with E-state index in [-0.39, 0.29) is 28.3 Å². The molecular weight excluding hydrogens is 369 g/mol. The number of nitrogens with one attached hydrogen (secondary N) is 1. The molecule has 0 aliphatic rings. The lowest BCUT2D eigenvalue weighted by atomic mass is 10.1. The van der Waals surface area contributed by atoms with Gasteiger partial charge in [0, 0.05) is 10.7 Å². The van der Waals surface area contributed by atoms with Crippen LogP contribution < -0.4 is 10.1 Å². The van der Waals surface area contributed by atoms with Crippen LogP contribution in [-0.2, 0) is 11.2 Å². The first-order chi connectivity index (χ1) is 11.5. The van der Waals surface area contributed by atoms with Crippen molar-refractivity contribution in [2.45, 2.75) is 26.2 Å². The highest BCUT2D eigenvalue weighted by Gasteiger charge is 2.11. The number of unbranched alkanes of at least 4 members (excludes halogenated alkanes) is 1. The Morgan fingerprint density at radius 3 is 2.29 bits per heavy atom. The van der Waals surface area contributed by atoms with Crippen LogP contribution in [0.1, 0.15) is 25.3 Å². The maximum Gasteiger partial charge on any atom is 0.262 e. The summed E-state index contributed by atoms with van der Waals surface area (Å²) in [5, 5.41) is 3.71. The van der Waals surface area contributed by atoms with Gasteiger partial charge in [-0.1, -0.05) is 60.3 Å². The molecule has 0 aliphatic carbocycles. The number of amides is 1. The van der Waals surface area contributed by atoms with Crippen molar-refractivity contribution in [3.8, 4) is 5.75 Å². The Hall–Kier alpha value is -1.42. The Labute approximate surface area is 156 Å². The molecule has 0 aliphatic heterocycles. The van der Waals surface area contributed by atoms with E-state index < -0.39 is 0 Å². The molecular formula is C18H18Cl3NO2. The van der Waals surface area contributed by atoms with Crippen molar-refractivity contribution in [1.82, 2.24) is 0 Å². The third kappa shape index (κ3) is 5.59. The number of halogens is 3. The minimum Gasteiger partial charge on any atom is -0.481 e. The maximum atomic E-state index is 12.0. The fourth-order valence-electron chi connectivity index (χ4n) is 2.14. The second-order valence-electron chi connectivity index (χ2n) is 5.34. The molecule has 0 heterocycles. The summed E-state index contributed by atoms with van der Waals surface area (Å²) in [6.07, 6.45) is 3.36. The van der Waals surface area contributed by atoms with Crippen molar-refractivity contribution in [1.29, 1.82) is 0 Å². The van der Waals surface area contributed by atoms with Crippen LogP contribution >= 0.6 is 34.8 Å². The third-order valence-corrected chi connectivity index (χ3v) is 4.15. The molecule has 0 bridgehead atoms. The Morgan fingerprint density at radius 1 is 1.08 bits per heavy atom. The average molecular weight is 387 g/mol. The van der Waals surface area contributed by atoms with E-state index in [1.165, 1.54) is 17.7 Å². The van der Waals surface area contributed by atoms with E-state index in [0.29, 0.717) is 5.02 Å². The van der Waals surface area contributed by atoms with Gasteiger partial charge in [0.2, 0.25) is 0 Å². The molecule has 3 nitrogen and oxygen atoms in total. The van der Waals surface area contributed by atoms with Crippen molar-refractivity contribution >= 4 is 46.4 Å². The Bertz CT molecular complexity index is 679. The number of hydrogen-bond acceptors (Lipinski definition) is 2. The van der Waals surface area contributed by atoms with Gasteiger partial charge < -0.3 is 10.1 Å². The molecule has 128 valence electrons. The first-order valence-electron chi connectivity index (χ1n) is 7.65. The molecule has 0 saturated heterocycles. The highest BCUT2D eigenvalue weighted by atomic mass is 35.5. The molecule has 24 heavy (non-hydrogen) atoms. The zero-order chi connectivity index (χ0) is 17.5. The summed E-state index contributed by atoms with van der Waals surface area (Å²) in [6.45, 7) is 1.96. The first-order valence-corrected chi connectivity index (χ1v) is 8.79. The van der Waals surface area contributed by atoms with Gasteiger partial charge in [-0.25, -0.2) is 0 Å². The Morgan fingerprint density at radius 2 is 1.71 bits per heavy atom. The molecule has 0 atom stereocenters. The summed E-state index contributed by atoms with van der Waals surface area (Å²) in [6, 6.07) is 10.8. The van der Waals surface area contributed by atoms with Crippen molar-refractivity contribution in [3.63, 3.8) is 0 Å². The van der Waals surface area contributed by atoms with Gasteiger partial charge >= 0.3 is 0 Å². The number of carbonyl (C=O) groups is 1. The summed E-state index contributed by atoms with van der Waals surface area (Å²) >= 11 is 17.9. The van der Waals surface area contributed by atoms with E-state index in [1.807, 2.05) is 24.3 Å². The van der Waals surface area contributed by atoms with E-state index in [1.54, 1.807) is 0 Å². The smallest absolute Gasteiger partial charge is 0.262 e. The van der Waals surface area contributed by atoms with Gasteiger partial charge in [0.05, 0.1) is 10.0 Å². The Balaban J connectivity index is 1.89. The van der Waals surface area contributed by atoms with Gasteiger partial charge in [0.1, 0.15) is 0 Å². The van der Waals surface area contributed by atoms with E-state index in [9.17, 15) is 4.79 Å². The normalized spacial score (nSPS) is 10.5. The number of anilines is 1. The van der Waals surface area contributed by atoms with E-state index in [4.69, 9.17) is 39.5 Å². The van der Waals surface area contributed by atoms with Crippen molar-refractivity contribution < 1.29 is 9.53 Å². The summed E-state index contributed by atoms with van der Waals surface area (Å²) in [5.41, 5.74) is 1.97. The van der Waals surface area contributed by atoms with Crippen LogP contribution in [-0.4, -0.2) is 12.5 Å². The SMILES string of the molecule is CCCCc1ccc(NC(=O)COc2c(Cl)cc(Cl)cc2Cl)cc1. The van der Waals surface area contributed by atoms with Crippen LogP contribution in [0, 0.1) is 0 Å². The molecule has 0 spiro atoms. The topological polar surface area (TPSA) is 38.3 Å². The van der Waals surface area contributed by atoms with Gasteiger partial charge in [-0.05, 0) is 42.7 Å². The fraction of sp³-hybridized carbons (Fsp3) is 0.278. The molecule has 2 aromatic carbocycles. The average Bonchev–Trinajstić information content (AvgIpc) is 2.53. The Kier molecular flexibility index (Phi) is 7.22. The predicted octanol–water partition coefficient (Wildman–Crippen LogP) is 6.01. The van der Waals surface area contributed by atoms with Crippen LogP contribution in [0.5, 0.6) is 5.75 Å². The summed E-state index contributed by atoms with van der Waals surface area (Å²) in [4.78, 5) is 12.0. The number of benzene rings is 2. The second kappa shape index (κ2) is 9.16. The molecule has 1 amide bonds. The van der Waals surface area contributed by atoms with Gasteiger partial charge in [0.25, 0.3) is 5.91 Å². The zero-order valence-corrected chi connectivity index (χ0v) is 15.5. The molecule has 0 aromatic heterocycles. The van der Waals surface area contributed by atoms with Crippen LogP contribution in [0.4, 0.5) is 5.69 Å². The van der Waals surface area contributed by atoms with Crippen molar-refractivity contribution in [2.24, 2.45) is 0 Å². The van der Waals surface area contributed by atoms with E-state index in [2.05, 4.69) is 12.2 Å². The maximum absolute atomic E-state index is 12.0. The molecule has 2 rings (SSSR count). The third-order valence-electron chi connectivity index (χ3n) is 3.37. The van der Waals surface area contributed by atoms with Crippen molar-refractivity contribution in [3.05, 3.63) is 57.0 Å². The van der Waals surface area contributed by atoms with E-state index >= 15 is 0 Å². The molecule has 6 heteroatoms. The molecule has 0 saturated carbocycles. The number of ether oxygens (including phenoxy) is 1. The number of carbonyl (C=O) groups excluding carboxylic acids is 1. The molecule has 2 aromatic rings. The van der Waals surface area contributed by atoms with Crippen LogP contribution in [0.3, 0.4) is 0 Å². The first kappa shape index (κ1) is 18.9. The fourth-order valence-corrected chi connectivity index (χ4v) is 3.06. The minimum atomic E-state index is -0.293. The lowest BCUT2D eigenvalue weighted by Gasteiger charge is -2.11. The summed E-state index contributed by atoms with van der Waals surface area (Å²) < 4.78 is 5.40. The van der Waals surface area contributed by atoms with Crippen LogP contribution in [0.25, 0.3) is 0 Å². The lowest BCUT2D eigenvalue weighted by molar-refractivity contribution is -0.118. The molecule has 0 unspecified atom stereocenters. The highest BCUT2D eigenvalue weighted by molar-refractivity contribution is 6.40.